The van der Waals surface area contributed by atoms with Crippen molar-refractivity contribution in [3.05, 3.63) is 89.5 Å². The predicted molar refractivity (Wildman–Crippen MR) is 162 cm³/mol. The minimum absolute atomic E-state index is 0.348. The van der Waals surface area contributed by atoms with Gasteiger partial charge < -0.3 is 14.2 Å². The maximum Gasteiger partial charge on any atom is 0.122 e. The molecule has 3 aromatic carbocycles. The first-order valence-corrected chi connectivity index (χ1v) is 15.1. The van der Waals surface area contributed by atoms with Gasteiger partial charge in [-0.25, -0.2) is 0 Å². The second-order valence-electron chi connectivity index (χ2n) is 11.6. The fourth-order valence-corrected chi connectivity index (χ4v) is 6.42. The second kappa shape index (κ2) is 14.0. The van der Waals surface area contributed by atoms with Gasteiger partial charge in [0.2, 0.25) is 0 Å². The highest BCUT2D eigenvalue weighted by Crippen LogP contribution is 2.39. The van der Waals surface area contributed by atoms with Crippen LogP contribution in [0.25, 0.3) is 0 Å². The minimum atomic E-state index is 0.348. The van der Waals surface area contributed by atoms with Crippen LogP contribution in [0.4, 0.5) is 0 Å². The molecule has 0 unspecified atom stereocenters. The number of nitrogens with zero attached hydrogens (tertiary/aromatic N) is 2. The fraction of sp³-hybridized carbons (Fsp3) is 0.486. The molecule has 3 aromatic rings. The molecule has 0 aromatic heterocycles. The Kier molecular flexibility index (Phi) is 10.0. The third-order valence-corrected chi connectivity index (χ3v) is 8.72. The zero-order valence-electron chi connectivity index (χ0n) is 24.4. The molecule has 2 aliphatic heterocycles. The van der Waals surface area contributed by atoms with E-state index in [1.54, 1.807) is 7.11 Å². The standard InChI is InChI=1S/C35H46N2O3/c1-3-39-33-17-13-29(14-18-33)26-36-22-20-35(21-23-36)19-7-6-9-31-8-4-5-10-34(31)40-25-24-37(28-35)27-30-11-15-32(38-2)16-12-30/h4-5,8,10-18H,3,6-7,9,19-28H2,1-2H3. The van der Waals surface area contributed by atoms with Crippen molar-refractivity contribution in [3.8, 4) is 17.2 Å². The Morgan fingerprint density at radius 2 is 1.43 bits per heavy atom. The molecule has 1 fully saturated rings. The van der Waals surface area contributed by atoms with Crippen LogP contribution in [0.1, 0.15) is 55.7 Å². The van der Waals surface area contributed by atoms with E-state index < -0.39 is 0 Å². The van der Waals surface area contributed by atoms with Crippen molar-refractivity contribution in [1.82, 2.24) is 9.80 Å². The molecule has 1 spiro atoms. The quantitative estimate of drug-likeness (QED) is 0.322. The van der Waals surface area contributed by atoms with E-state index in [-0.39, 0.29) is 0 Å². The van der Waals surface area contributed by atoms with Gasteiger partial charge in [0.25, 0.3) is 0 Å². The molecule has 5 nitrogen and oxygen atoms in total. The van der Waals surface area contributed by atoms with Crippen molar-refractivity contribution in [1.29, 1.82) is 0 Å². The number of benzene rings is 3. The molecular weight excluding hydrogens is 496 g/mol. The zero-order chi connectivity index (χ0) is 27.6. The van der Waals surface area contributed by atoms with Gasteiger partial charge in [-0.2, -0.15) is 0 Å². The molecule has 0 aliphatic carbocycles. The van der Waals surface area contributed by atoms with Crippen LogP contribution in [0.2, 0.25) is 0 Å². The Bertz CT molecular complexity index is 1170. The first kappa shape index (κ1) is 28.5. The molecule has 0 saturated carbocycles. The summed E-state index contributed by atoms with van der Waals surface area (Å²) < 4.78 is 17.4. The number of para-hydroxylation sites is 1. The third kappa shape index (κ3) is 7.80. The summed E-state index contributed by atoms with van der Waals surface area (Å²) in [6, 6.07) is 25.8. The van der Waals surface area contributed by atoms with Crippen LogP contribution in [0.15, 0.2) is 72.8 Å². The largest absolute Gasteiger partial charge is 0.497 e. The van der Waals surface area contributed by atoms with Gasteiger partial charge in [0.1, 0.15) is 23.9 Å². The van der Waals surface area contributed by atoms with Gasteiger partial charge in [0.05, 0.1) is 13.7 Å². The number of methoxy groups -OCH3 is 1. The minimum Gasteiger partial charge on any atom is -0.497 e. The molecule has 40 heavy (non-hydrogen) atoms. The van der Waals surface area contributed by atoms with Gasteiger partial charge in [-0.15, -0.1) is 0 Å². The number of hydrogen-bond donors (Lipinski definition) is 0. The normalized spacial score (nSPS) is 18.6. The number of ether oxygens (including phenoxy) is 3. The van der Waals surface area contributed by atoms with Crippen molar-refractivity contribution in [3.63, 3.8) is 0 Å². The van der Waals surface area contributed by atoms with Crippen molar-refractivity contribution in [2.45, 2.75) is 58.5 Å². The van der Waals surface area contributed by atoms with Gasteiger partial charge in [-0.1, -0.05) is 48.9 Å². The Hall–Kier alpha value is -3.02. The van der Waals surface area contributed by atoms with E-state index in [0.29, 0.717) is 18.6 Å². The first-order chi connectivity index (χ1) is 19.6. The molecule has 0 atom stereocenters. The Morgan fingerprint density at radius 3 is 2.12 bits per heavy atom. The summed E-state index contributed by atoms with van der Waals surface area (Å²) in [5, 5.41) is 0. The number of aryl methyl sites for hydroxylation is 1. The lowest BCUT2D eigenvalue weighted by Gasteiger charge is -2.45. The summed E-state index contributed by atoms with van der Waals surface area (Å²) >= 11 is 0. The molecule has 5 rings (SSSR count). The summed E-state index contributed by atoms with van der Waals surface area (Å²) in [6.07, 6.45) is 7.39. The van der Waals surface area contributed by atoms with Crippen LogP contribution in [-0.4, -0.2) is 56.3 Å². The second-order valence-corrected chi connectivity index (χ2v) is 11.6. The van der Waals surface area contributed by atoms with E-state index in [0.717, 1.165) is 62.9 Å². The number of likely N-dealkylation sites (tertiary alicyclic amines) is 1. The molecule has 214 valence electrons. The van der Waals surface area contributed by atoms with E-state index in [2.05, 4.69) is 82.6 Å². The van der Waals surface area contributed by atoms with Gasteiger partial charge >= 0.3 is 0 Å². The Labute approximate surface area is 241 Å². The molecule has 5 heteroatoms. The van der Waals surface area contributed by atoms with Gasteiger partial charge in [-0.3, -0.25) is 9.80 Å². The van der Waals surface area contributed by atoms with Crippen LogP contribution in [0.5, 0.6) is 17.2 Å². The van der Waals surface area contributed by atoms with E-state index in [9.17, 15) is 0 Å². The van der Waals surface area contributed by atoms with Gasteiger partial charge in [-0.05, 0) is 105 Å². The lowest BCUT2D eigenvalue weighted by atomic mass is 9.73. The molecular formula is C35H46N2O3. The molecule has 0 N–H and O–H groups in total. The Morgan fingerprint density at radius 1 is 0.750 bits per heavy atom. The van der Waals surface area contributed by atoms with Crippen molar-refractivity contribution in [2.24, 2.45) is 5.41 Å². The Balaban J connectivity index is 1.28. The zero-order valence-corrected chi connectivity index (χ0v) is 24.4. The average Bonchev–Trinajstić information content (AvgIpc) is 2.98. The smallest absolute Gasteiger partial charge is 0.122 e. The number of fused-ring (bicyclic) bond motifs is 1. The maximum absolute atomic E-state index is 6.37. The van der Waals surface area contributed by atoms with E-state index in [4.69, 9.17) is 14.2 Å². The topological polar surface area (TPSA) is 34.2 Å². The van der Waals surface area contributed by atoms with Crippen molar-refractivity contribution < 1.29 is 14.2 Å². The third-order valence-electron chi connectivity index (χ3n) is 8.72. The highest BCUT2D eigenvalue weighted by Gasteiger charge is 2.36. The number of rotatable bonds is 7. The van der Waals surface area contributed by atoms with Gasteiger partial charge in [0.15, 0.2) is 0 Å². The highest BCUT2D eigenvalue weighted by atomic mass is 16.5. The summed E-state index contributed by atoms with van der Waals surface area (Å²) in [5.74, 6) is 2.93. The van der Waals surface area contributed by atoms with Crippen molar-refractivity contribution >= 4 is 0 Å². The van der Waals surface area contributed by atoms with E-state index in [1.165, 1.54) is 48.8 Å². The first-order valence-electron chi connectivity index (χ1n) is 15.1. The van der Waals surface area contributed by atoms with Crippen LogP contribution in [0, 0.1) is 5.41 Å². The summed E-state index contributed by atoms with van der Waals surface area (Å²) in [5.41, 5.74) is 4.40. The van der Waals surface area contributed by atoms with Gasteiger partial charge in [0, 0.05) is 26.2 Å². The average molecular weight is 543 g/mol. The molecule has 0 bridgehead atoms. The molecule has 2 heterocycles. The molecule has 0 radical (unpaired) electrons. The highest BCUT2D eigenvalue weighted by molar-refractivity contribution is 5.33. The molecule has 0 amide bonds. The monoisotopic (exact) mass is 542 g/mol. The van der Waals surface area contributed by atoms with Crippen LogP contribution in [0.3, 0.4) is 0 Å². The van der Waals surface area contributed by atoms with Crippen LogP contribution >= 0.6 is 0 Å². The summed E-state index contributed by atoms with van der Waals surface area (Å²) in [4.78, 5) is 5.29. The SMILES string of the molecule is CCOc1ccc(CN2CCC3(CCCCc4ccccc4OCCN(Cc4ccc(OC)cc4)C3)CC2)cc1. The van der Waals surface area contributed by atoms with E-state index >= 15 is 0 Å². The van der Waals surface area contributed by atoms with Crippen molar-refractivity contribution in [2.75, 3.05) is 46.5 Å². The lowest BCUT2D eigenvalue weighted by Crippen LogP contribution is -2.46. The maximum atomic E-state index is 6.37. The predicted octanol–water partition coefficient (Wildman–Crippen LogP) is 6.98. The van der Waals surface area contributed by atoms with Crippen LogP contribution in [-0.2, 0) is 19.5 Å². The van der Waals surface area contributed by atoms with Crippen LogP contribution < -0.4 is 14.2 Å². The number of hydrogen-bond acceptors (Lipinski definition) is 5. The van der Waals surface area contributed by atoms with E-state index in [1.807, 2.05) is 6.92 Å². The lowest BCUT2D eigenvalue weighted by molar-refractivity contribution is 0.0410. The molecule has 2 aliphatic rings. The number of piperidine rings is 1. The summed E-state index contributed by atoms with van der Waals surface area (Å²) in [7, 11) is 1.73. The molecule has 1 saturated heterocycles. The fourth-order valence-electron chi connectivity index (χ4n) is 6.42. The summed E-state index contributed by atoms with van der Waals surface area (Å²) in [6.45, 7) is 9.78.